The number of hydrogen-bond acceptors (Lipinski definition) is 2. The molecule has 0 spiro atoms. The molecule has 2 rings (SSSR count). The van der Waals surface area contributed by atoms with Gasteiger partial charge in [0.25, 0.3) is 0 Å². The summed E-state index contributed by atoms with van der Waals surface area (Å²) in [6, 6.07) is 0. The Morgan fingerprint density at radius 2 is 2.18 bits per heavy atom. The standard InChI is InChI=1S/C9H16O2/c1-2-10-7-9-5-3-8(11-9)4-6-9/h8H,2-7H2,1H3. The second-order valence-corrected chi connectivity index (χ2v) is 3.64. The molecule has 0 aromatic heterocycles. The Morgan fingerprint density at radius 3 is 2.64 bits per heavy atom. The second-order valence-electron chi connectivity index (χ2n) is 3.64. The van der Waals surface area contributed by atoms with Crippen LogP contribution in [-0.2, 0) is 9.47 Å². The van der Waals surface area contributed by atoms with Crippen molar-refractivity contribution in [2.24, 2.45) is 0 Å². The maximum atomic E-state index is 5.84. The van der Waals surface area contributed by atoms with Gasteiger partial charge in [0.15, 0.2) is 0 Å². The zero-order valence-electron chi connectivity index (χ0n) is 7.14. The van der Waals surface area contributed by atoms with Crippen molar-refractivity contribution in [1.82, 2.24) is 0 Å². The molecule has 2 heterocycles. The monoisotopic (exact) mass is 156 g/mol. The third kappa shape index (κ3) is 1.30. The van der Waals surface area contributed by atoms with Gasteiger partial charge in [-0.05, 0) is 32.6 Å². The molecule has 2 aliphatic rings. The fourth-order valence-electron chi connectivity index (χ4n) is 2.17. The Labute approximate surface area is 67.9 Å². The smallest absolute Gasteiger partial charge is 0.0920 e. The Balaban J connectivity index is 1.89. The maximum absolute atomic E-state index is 5.84. The van der Waals surface area contributed by atoms with E-state index in [-0.39, 0.29) is 5.60 Å². The molecule has 11 heavy (non-hydrogen) atoms. The van der Waals surface area contributed by atoms with Crippen molar-refractivity contribution in [2.75, 3.05) is 13.2 Å². The van der Waals surface area contributed by atoms with Crippen molar-refractivity contribution in [1.29, 1.82) is 0 Å². The highest BCUT2D eigenvalue weighted by molar-refractivity contribution is 4.95. The molecular weight excluding hydrogens is 140 g/mol. The Hall–Kier alpha value is -0.0800. The summed E-state index contributed by atoms with van der Waals surface area (Å²) in [6.45, 7) is 3.67. The third-order valence-electron chi connectivity index (χ3n) is 2.83. The summed E-state index contributed by atoms with van der Waals surface area (Å²) in [6.07, 6.45) is 5.52. The highest BCUT2D eigenvalue weighted by Gasteiger charge is 2.46. The van der Waals surface area contributed by atoms with Gasteiger partial charge in [-0.3, -0.25) is 0 Å². The van der Waals surface area contributed by atoms with E-state index in [1.807, 2.05) is 6.92 Å². The molecule has 2 aliphatic heterocycles. The second kappa shape index (κ2) is 2.76. The van der Waals surface area contributed by atoms with Crippen molar-refractivity contribution in [3.63, 3.8) is 0 Å². The lowest BCUT2D eigenvalue weighted by molar-refractivity contribution is -0.0507. The molecule has 0 aromatic rings. The molecule has 64 valence electrons. The first-order chi connectivity index (χ1) is 5.35. The Kier molecular flexibility index (Phi) is 1.90. The van der Waals surface area contributed by atoms with Crippen LogP contribution < -0.4 is 0 Å². The van der Waals surface area contributed by atoms with E-state index in [2.05, 4.69) is 0 Å². The lowest BCUT2D eigenvalue weighted by atomic mass is 9.89. The quantitative estimate of drug-likeness (QED) is 0.619. The average Bonchev–Trinajstić information content (AvgIpc) is 2.60. The molecule has 0 radical (unpaired) electrons. The Bertz CT molecular complexity index is 136. The van der Waals surface area contributed by atoms with Crippen LogP contribution in [0.5, 0.6) is 0 Å². The molecule has 0 unspecified atom stereocenters. The van der Waals surface area contributed by atoms with E-state index in [0.29, 0.717) is 6.10 Å². The summed E-state index contributed by atoms with van der Waals surface area (Å²) in [5.74, 6) is 0. The van der Waals surface area contributed by atoms with Gasteiger partial charge in [0.2, 0.25) is 0 Å². The molecule has 2 heteroatoms. The van der Waals surface area contributed by atoms with Crippen molar-refractivity contribution in [3.05, 3.63) is 0 Å². The van der Waals surface area contributed by atoms with E-state index in [0.717, 1.165) is 13.2 Å². The molecule has 0 aromatic carbocycles. The summed E-state index contributed by atoms with van der Waals surface area (Å²) >= 11 is 0. The van der Waals surface area contributed by atoms with Crippen molar-refractivity contribution >= 4 is 0 Å². The topological polar surface area (TPSA) is 18.5 Å². The van der Waals surface area contributed by atoms with Gasteiger partial charge in [-0.2, -0.15) is 0 Å². The predicted molar refractivity (Wildman–Crippen MR) is 42.6 cm³/mol. The molecule has 0 N–H and O–H groups in total. The van der Waals surface area contributed by atoms with Crippen LogP contribution >= 0.6 is 0 Å². The number of ether oxygens (including phenoxy) is 2. The van der Waals surface area contributed by atoms with E-state index < -0.39 is 0 Å². The Morgan fingerprint density at radius 1 is 1.45 bits per heavy atom. The van der Waals surface area contributed by atoms with Crippen LogP contribution in [0, 0.1) is 0 Å². The van der Waals surface area contributed by atoms with Crippen LogP contribution in [0.2, 0.25) is 0 Å². The molecule has 0 saturated carbocycles. The minimum atomic E-state index is 0.140. The van der Waals surface area contributed by atoms with Gasteiger partial charge < -0.3 is 9.47 Å². The van der Waals surface area contributed by atoms with Gasteiger partial charge in [0.1, 0.15) is 0 Å². The molecule has 2 fully saturated rings. The number of rotatable bonds is 3. The maximum Gasteiger partial charge on any atom is 0.0920 e. The summed E-state index contributed by atoms with van der Waals surface area (Å²) in [5.41, 5.74) is 0.140. The van der Waals surface area contributed by atoms with E-state index >= 15 is 0 Å². The lowest BCUT2D eigenvalue weighted by Gasteiger charge is -2.23. The minimum absolute atomic E-state index is 0.140. The third-order valence-corrected chi connectivity index (χ3v) is 2.83. The van der Waals surface area contributed by atoms with Gasteiger partial charge in [-0.1, -0.05) is 0 Å². The van der Waals surface area contributed by atoms with Crippen molar-refractivity contribution in [2.45, 2.75) is 44.3 Å². The van der Waals surface area contributed by atoms with Crippen molar-refractivity contribution < 1.29 is 9.47 Å². The average molecular weight is 156 g/mol. The summed E-state index contributed by atoms with van der Waals surface area (Å²) in [5, 5.41) is 0. The van der Waals surface area contributed by atoms with Crippen LogP contribution in [-0.4, -0.2) is 24.9 Å². The van der Waals surface area contributed by atoms with E-state index in [1.165, 1.54) is 25.7 Å². The first-order valence-electron chi connectivity index (χ1n) is 4.60. The fraction of sp³-hybridized carbons (Fsp3) is 1.00. The molecule has 0 amide bonds. The molecule has 0 atom stereocenters. The molecule has 0 aliphatic carbocycles. The van der Waals surface area contributed by atoms with E-state index in [9.17, 15) is 0 Å². The van der Waals surface area contributed by atoms with Gasteiger partial charge in [-0.25, -0.2) is 0 Å². The summed E-state index contributed by atoms with van der Waals surface area (Å²) in [4.78, 5) is 0. The van der Waals surface area contributed by atoms with Crippen LogP contribution in [0.3, 0.4) is 0 Å². The van der Waals surface area contributed by atoms with Crippen LogP contribution in [0.25, 0.3) is 0 Å². The van der Waals surface area contributed by atoms with Gasteiger partial charge in [0.05, 0.1) is 18.3 Å². The number of fused-ring (bicyclic) bond motifs is 2. The van der Waals surface area contributed by atoms with Crippen LogP contribution in [0.1, 0.15) is 32.6 Å². The SMILES string of the molecule is CCOCC12CCC(CC1)O2. The van der Waals surface area contributed by atoms with E-state index in [4.69, 9.17) is 9.47 Å². The van der Waals surface area contributed by atoms with Gasteiger partial charge in [0, 0.05) is 6.61 Å². The first-order valence-corrected chi connectivity index (χ1v) is 4.60. The van der Waals surface area contributed by atoms with Crippen LogP contribution in [0.15, 0.2) is 0 Å². The van der Waals surface area contributed by atoms with E-state index in [1.54, 1.807) is 0 Å². The van der Waals surface area contributed by atoms with Crippen LogP contribution in [0.4, 0.5) is 0 Å². The highest BCUT2D eigenvalue weighted by atomic mass is 16.6. The largest absolute Gasteiger partial charge is 0.379 e. The lowest BCUT2D eigenvalue weighted by Crippen LogP contribution is -2.30. The normalized spacial score (nSPS) is 41.7. The minimum Gasteiger partial charge on any atom is -0.379 e. The molecule has 2 nitrogen and oxygen atoms in total. The predicted octanol–water partition coefficient (Wildman–Crippen LogP) is 1.73. The molecular formula is C9H16O2. The zero-order valence-corrected chi connectivity index (χ0v) is 7.14. The molecule has 2 saturated heterocycles. The summed E-state index contributed by atoms with van der Waals surface area (Å²) in [7, 11) is 0. The first kappa shape index (κ1) is 7.56. The van der Waals surface area contributed by atoms with Gasteiger partial charge in [-0.15, -0.1) is 0 Å². The van der Waals surface area contributed by atoms with Crippen molar-refractivity contribution in [3.8, 4) is 0 Å². The zero-order chi connectivity index (χ0) is 7.73. The summed E-state index contributed by atoms with van der Waals surface area (Å²) < 4.78 is 11.3. The van der Waals surface area contributed by atoms with Gasteiger partial charge >= 0.3 is 0 Å². The number of hydrogen-bond donors (Lipinski definition) is 0. The molecule has 2 bridgehead atoms. The fourth-order valence-corrected chi connectivity index (χ4v) is 2.17. The highest BCUT2D eigenvalue weighted by Crippen LogP contribution is 2.43.